The first kappa shape index (κ1) is 19.6. The molecule has 7 nitrogen and oxygen atoms in total. The van der Waals surface area contributed by atoms with Crippen molar-refractivity contribution in [2.45, 2.75) is 25.2 Å². The maximum Gasteiger partial charge on any atom is 0.325 e. The smallest absolute Gasteiger partial charge is 0.325 e. The van der Waals surface area contributed by atoms with Gasteiger partial charge in [-0.15, -0.1) is 11.3 Å². The second kappa shape index (κ2) is 8.75. The molecule has 0 unspecified atom stereocenters. The molecule has 0 saturated heterocycles. The number of amides is 2. The Hall–Kier alpha value is -2.71. The molecule has 29 heavy (non-hydrogen) atoms. The van der Waals surface area contributed by atoms with E-state index >= 15 is 0 Å². The van der Waals surface area contributed by atoms with Gasteiger partial charge in [-0.3, -0.25) is 10.3 Å². The van der Waals surface area contributed by atoms with Gasteiger partial charge >= 0.3 is 6.03 Å². The van der Waals surface area contributed by atoms with Crippen LogP contribution in [0.2, 0.25) is 0 Å². The van der Waals surface area contributed by atoms with E-state index < -0.39 is 0 Å². The van der Waals surface area contributed by atoms with Crippen molar-refractivity contribution in [1.82, 2.24) is 14.9 Å². The van der Waals surface area contributed by atoms with Gasteiger partial charge in [0.15, 0.2) is 5.13 Å². The summed E-state index contributed by atoms with van der Waals surface area (Å²) < 4.78 is 0. The summed E-state index contributed by atoms with van der Waals surface area (Å²) in [5, 5.41) is 10.8. The highest BCUT2D eigenvalue weighted by Gasteiger charge is 2.22. The first-order valence-corrected chi connectivity index (χ1v) is 10.7. The molecule has 1 aromatic carbocycles. The van der Waals surface area contributed by atoms with Crippen molar-refractivity contribution in [3.63, 3.8) is 0 Å². The maximum absolute atomic E-state index is 12.4. The monoisotopic (exact) mass is 410 g/mol. The van der Waals surface area contributed by atoms with E-state index in [0.717, 1.165) is 35.4 Å². The molecular formula is C21H26N6OS. The van der Waals surface area contributed by atoms with Gasteiger partial charge in [-0.1, -0.05) is 6.42 Å². The van der Waals surface area contributed by atoms with Crippen LogP contribution in [0.4, 0.5) is 21.3 Å². The second-order valence-electron chi connectivity index (χ2n) is 7.60. The third-order valence-corrected chi connectivity index (χ3v) is 6.20. The third-order valence-electron chi connectivity index (χ3n) is 5.13. The summed E-state index contributed by atoms with van der Waals surface area (Å²) in [5.41, 5.74) is 2.61. The highest BCUT2D eigenvalue weighted by atomic mass is 32.1. The lowest BCUT2D eigenvalue weighted by Gasteiger charge is -2.23. The number of hydrogen-bond donors (Lipinski definition) is 3. The molecule has 0 atom stereocenters. The van der Waals surface area contributed by atoms with Gasteiger partial charge < -0.3 is 15.5 Å². The summed E-state index contributed by atoms with van der Waals surface area (Å²) in [4.78, 5) is 24.6. The van der Waals surface area contributed by atoms with Gasteiger partial charge in [-0.2, -0.15) is 0 Å². The van der Waals surface area contributed by atoms with Crippen LogP contribution in [0.1, 0.15) is 30.1 Å². The van der Waals surface area contributed by atoms with Crippen molar-refractivity contribution in [2.75, 3.05) is 43.1 Å². The predicted octanol–water partition coefficient (Wildman–Crippen LogP) is 4.58. The van der Waals surface area contributed by atoms with Gasteiger partial charge in [0, 0.05) is 47.1 Å². The fraction of sp³-hybridized carbons (Fsp3) is 0.381. The Labute approximate surface area is 174 Å². The van der Waals surface area contributed by atoms with Crippen molar-refractivity contribution in [2.24, 2.45) is 0 Å². The normalized spacial score (nSPS) is 14.0. The number of pyridine rings is 1. The molecule has 0 aliphatic heterocycles. The topological polar surface area (TPSA) is 82.2 Å². The molecule has 152 valence electrons. The number of benzene rings is 1. The predicted molar refractivity (Wildman–Crippen MR) is 120 cm³/mol. The molecule has 3 N–H and O–H groups in total. The Morgan fingerprint density at radius 2 is 2.07 bits per heavy atom. The third kappa shape index (κ3) is 4.83. The van der Waals surface area contributed by atoms with Crippen LogP contribution in [0.5, 0.6) is 0 Å². The summed E-state index contributed by atoms with van der Waals surface area (Å²) in [6.45, 7) is 1.76. The molecule has 0 bridgehead atoms. The molecule has 0 spiro atoms. The number of rotatable bonds is 7. The molecule has 0 radical (unpaired) electrons. The SMILES string of the molecule is CN(C)CCNc1ccnc2ccc(NC(=O)Nc3ncc(C4CCC4)s3)cc12. The average molecular weight is 411 g/mol. The van der Waals surface area contributed by atoms with Crippen LogP contribution in [0.3, 0.4) is 0 Å². The molecule has 1 fully saturated rings. The molecule has 2 heterocycles. The molecule has 4 rings (SSSR count). The van der Waals surface area contributed by atoms with Gasteiger partial charge in [-0.05, 0) is 57.1 Å². The van der Waals surface area contributed by atoms with E-state index in [9.17, 15) is 4.79 Å². The van der Waals surface area contributed by atoms with Crippen LogP contribution < -0.4 is 16.0 Å². The summed E-state index contributed by atoms with van der Waals surface area (Å²) in [6.07, 6.45) is 7.42. The Kier molecular flexibility index (Phi) is 5.92. The molecule has 3 aromatic rings. The zero-order valence-corrected chi connectivity index (χ0v) is 17.6. The number of nitrogens with one attached hydrogen (secondary N) is 3. The van der Waals surface area contributed by atoms with Crippen LogP contribution in [-0.4, -0.2) is 48.1 Å². The zero-order chi connectivity index (χ0) is 20.2. The first-order chi connectivity index (χ1) is 14.1. The molecule has 1 aliphatic rings. The number of anilines is 3. The van der Waals surface area contributed by atoms with Crippen LogP contribution >= 0.6 is 11.3 Å². The highest BCUT2D eigenvalue weighted by Crippen LogP contribution is 2.39. The molecule has 2 amide bonds. The summed E-state index contributed by atoms with van der Waals surface area (Å²) in [7, 11) is 4.09. The van der Waals surface area contributed by atoms with Crippen LogP contribution in [0.15, 0.2) is 36.7 Å². The van der Waals surface area contributed by atoms with Gasteiger partial charge in [0.25, 0.3) is 0 Å². The number of nitrogens with zero attached hydrogens (tertiary/aromatic N) is 3. The fourth-order valence-corrected chi connectivity index (χ4v) is 4.26. The number of thiazole rings is 1. The highest BCUT2D eigenvalue weighted by molar-refractivity contribution is 7.15. The maximum atomic E-state index is 12.4. The largest absolute Gasteiger partial charge is 0.383 e. The molecular weight excluding hydrogens is 384 g/mol. The zero-order valence-electron chi connectivity index (χ0n) is 16.7. The van der Waals surface area contributed by atoms with E-state index in [4.69, 9.17) is 0 Å². The fourth-order valence-electron chi connectivity index (χ4n) is 3.28. The van der Waals surface area contributed by atoms with Gasteiger partial charge in [0.2, 0.25) is 0 Å². The van der Waals surface area contributed by atoms with E-state index in [1.165, 1.54) is 24.1 Å². The van der Waals surface area contributed by atoms with Gasteiger partial charge in [0.1, 0.15) is 0 Å². The number of carbonyl (C=O) groups excluding carboxylic acids is 1. The Morgan fingerprint density at radius 3 is 2.83 bits per heavy atom. The van der Waals surface area contributed by atoms with Crippen molar-refractivity contribution in [1.29, 1.82) is 0 Å². The minimum Gasteiger partial charge on any atom is -0.383 e. The van der Waals surface area contributed by atoms with Gasteiger partial charge in [-0.25, -0.2) is 9.78 Å². The summed E-state index contributed by atoms with van der Waals surface area (Å²) in [5.74, 6) is 0.623. The number of carbonyl (C=O) groups is 1. The number of hydrogen-bond acceptors (Lipinski definition) is 6. The number of likely N-dealkylation sites (N-methyl/N-ethyl adjacent to an activating group) is 1. The Bertz CT molecular complexity index is 998. The molecule has 2 aromatic heterocycles. The summed E-state index contributed by atoms with van der Waals surface area (Å²) in [6, 6.07) is 7.39. The molecule has 1 saturated carbocycles. The number of aromatic nitrogens is 2. The number of urea groups is 1. The van der Waals surface area contributed by atoms with E-state index in [1.54, 1.807) is 17.5 Å². The van der Waals surface area contributed by atoms with Crippen molar-refractivity contribution >= 4 is 44.8 Å². The van der Waals surface area contributed by atoms with Crippen LogP contribution in [0.25, 0.3) is 10.9 Å². The lowest BCUT2D eigenvalue weighted by molar-refractivity contribution is 0.262. The number of fused-ring (bicyclic) bond motifs is 1. The van der Waals surface area contributed by atoms with Crippen molar-refractivity contribution < 1.29 is 4.79 Å². The standard InChI is InChI=1S/C21H26N6OS/c1-27(2)11-10-23-18-8-9-22-17-7-6-15(12-16(17)18)25-20(28)26-21-24-13-19(29-21)14-4-3-5-14/h6-9,12-14H,3-5,10-11H2,1-2H3,(H,22,23)(H2,24,25,26,28). The van der Waals surface area contributed by atoms with Gasteiger partial charge in [0.05, 0.1) is 5.52 Å². The first-order valence-electron chi connectivity index (χ1n) is 9.89. The van der Waals surface area contributed by atoms with E-state index in [2.05, 4.69) is 30.8 Å². The lowest BCUT2D eigenvalue weighted by Crippen LogP contribution is -2.21. The lowest BCUT2D eigenvalue weighted by atomic mass is 9.85. The average Bonchev–Trinajstić information content (AvgIpc) is 3.07. The Morgan fingerprint density at radius 1 is 1.21 bits per heavy atom. The van der Waals surface area contributed by atoms with Crippen LogP contribution in [0, 0.1) is 0 Å². The minimum atomic E-state index is -0.287. The molecule has 8 heteroatoms. The Balaban J connectivity index is 1.42. The van der Waals surface area contributed by atoms with Crippen molar-refractivity contribution in [3.05, 3.63) is 41.5 Å². The van der Waals surface area contributed by atoms with E-state index in [0.29, 0.717) is 11.0 Å². The molecule has 1 aliphatic carbocycles. The second-order valence-corrected chi connectivity index (χ2v) is 8.66. The minimum absolute atomic E-state index is 0.287. The van der Waals surface area contributed by atoms with E-state index in [1.807, 2.05) is 44.6 Å². The van der Waals surface area contributed by atoms with Crippen LogP contribution in [-0.2, 0) is 0 Å². The summed E-state index contributed by atoms with van der Waals surface area (Å²) >= 11 is 1.57. The van der Waals surface area contributed by atoms with E-state index in [-0.39, 0.29) is 6.03 Å². The quantitative estimate of drug-likeness (QED) is 0.531. The van der Waals surface area contributed by atoms with Crippen molar-refractivity contribution in [3.8, 4) is 0 Å².